The van der Waals surface area contributed by atoms with E-state index in [1.165, 1.54) is 17.2 Å². The van der Waals surface area contributed by atoms with Gasteiger partial charge in [0.1, 0.15) is 30.1 Å². The lowest BCUT2D eigenvalue weighted by atomic mass is 9.99. The summed E-state index contributed by atoms with van der Waals surface area (Å²) in [6.07, 6.45) is 6.07. The molecular weight excluding hydrogens is 446 g/mol. The van der Waals surface area contributed by atoms with Crippen molar-refractivity contribution in [2.24, 2.45) is 0 Å². The Bertz CT molecular complexity index is 1640. The fraction of sp³-hybridized carbons (Fsp3) is 0.125. The van der Waals surface area contributed by atoms with E-state index in [9.17, 15) is 4.79 Å². The Balaban J connectivity index is 1.73. The number of rotatable bonds is 5. The maximum Gasteiger partial charge on any atom is 0.268 e. The molecule has 0 amide bonds. The fourth-order valence-electron chi connectivity index (χ4n) is 3.92. The summed E-state index contributed by atoms with van der Waals surface area (Å²) in [5.74, 6) is 1.30. The minimum Gasteiger partial charge on any atom is -0.392 e. The minimum atomic E-state index is -0.468. The van der Waals surface area contributed by atoms with Crippen molar-refractivity contribution >= 4 is 28.1 Å². The van der Waals surface area contributed by atoms with Crippen LogP contribution in [0.3, 0.4) is 0 Å². The van der Waals surface area contributed by atoms with Gasteiger partial charge in [0.15, 0.2) is 5.82 Å². The third-order valence-corrected chi connectivity index (χ3v) is 5.58. The highest BCUT2D eigenvalue weighted by Crippen LogP contribution is 2.32. The lowest BCUT2D eigenvalue weighted by molar-refractivity contribution is 0.415. The second-order valence-electron chi connectivity index (χ2n) is 7.79. The van der Waals surface area contributed by atoms with Crippen LogP contribution in [0.25, 0.3) is 32.6 Å². The number of fused-ring (bicyclic) bond motifs is 1. The third kappa shape index (κ3) is 3.83. The zero-order valence-corrected chi connectivity index (χ0v) is 18.8. The second kappa shape index (κ2) is 8.68. The van der Waals surface area contributed by atoms with Crippen molar-refractivity contribution in [1.29, 1.82) is 0 Å². The summed E-state index contributed by atoms with van der Waals surface area (Å²) in [7, 11) is 0. The predicted octanol–water partition coefficient (Wildman–Crippen LogP) is 3.84. The Morgan fingerprint density at radius 3 is 2.69 bits per heavy atom. The molecule has 0 fully saturated rings. The Labute approximate surface area is 199 Å². The van der Waals surface area contributed by atoms with Crippen molar-refractivity contribution in [1.82, 2.24) is 29.7 Å². The number of hydrogen-bond acceptors (Lipinski definition) is 9. The zero-order chi connectivity index (χ0) is 24.5. The van der Waals surface area contributed by atoms with E-state index in [0.29, 0.717) is 28.3 Å². The lowest BCUT2D eigenvalue weighted by Crippen LogP contribution is -2.26. The molecule has 5 rings (SSSR count). The van der Waals surface area contributed by atoms with E-state index in [1.54, 1.807) is 25.4 Å². The number of anilines is 2. The van der Waals surface area contributed by atoms with E-state index in [1.807, 2.05) is 31.2 Å². The molecule has 5 aromatic rings. The summed E-state index contributed by atoms with van der Waals surface area (Å²) in [6, 6.07) is 8.63. The minimum absolute atomic E-state index is 0.0714. The first kappa shape index (κ1) is 21.7. The largest absolute Gasteiger partial charge is 0.392 e. The molecule has 0 unspecified atom stereocenters. The average Bonchev–Trinajstić information content (AvgIpc) is 3.38. The number of pyridine rings is 1. The van der Waals surface area contributed by atoms with Gasteiger partial charge in [-0.05, 0) is 30.9 Å². The summed E-state index contributed by atoms with van der Waals surface area (Å²) >= 11 is 0. The van der Waals surface area contributed by atoms with Gasteiger partial charge in [-0.25, -0.2) is 24.8 Å². The standard InChI is InChI=1S/C24H19N9O2/c1-13(31-23-21(26-3)22(25)29-12-30-23)18-9-15-5-4-6-17(16-10-27-14(2)28-11-16)20(15)24(34)33(18)19-7-8-35-32-19/h4-13H,1-2H3,(H3,25,29,30,31)/t13-/m0/s1. The molecule has 3 N–H and O–H groups in total. The van der Waals surface area contributed by atoms with Gasteiger partial charge in [-0.3, -0.25) is 9.36 Å². The maximum atomic E-state index is 14.0. The number of aryl methyl sites for hydroxylation is 1. The molecule has 172 valence electrons. The van der Waals surface area contributed by atoms with E-state index < -0.39 is 6.04 Å². The molecule has 0 aliphatic heterocycles. The summed E-state index contributed by atoms with van der Waals surface area (Å²) in [4.78, 5) is 34.0. The van der Waals surface area contributed by atoms with Gasteiger partial charge in [-0.15, -0.1) is 0 Å². The summed E-state index contributed by atoms with van der Waals surface area (Å²) in [5, 5.41) is 8.41. The zero-order valence-electron chi connectivity index (χ0n) is 18.8. The molecule has 0 saturated carbocycles. The molecule has 0 radical (unpaired) electrons. The Morgan fingerprint density at radius 2 is 1.97 bits per heavy atom. The third-order valence-electron chi connectivity index (χ3n) is 5.58. The highest BCUT2D eigenvalue weighted by Gasteiger charge is 2.21. The second-order valence-corrected chi connectivity index (χ2v) is 7.79. The summed E-state index contributed by atoms with van der Waals surface area (Å²) in [6.45, 7) is 11.1. The molecule has 0 spiro atoms. The van der Waals surface area contributed by atoms with Gasteiger partial charge in [0.2, 0.25) is 0 Å². The van der Waals surface area contributed by atoms with Crippen molar-refractivity contribution < 1.29 is 4.52 Å². The maximum absolute atomic E-state index is 14.0. The van der Waals surface area contributed by atoms with Gasteiger partial charge in [-0.1, -0.05) is 23.4 Å². The molecule has 4 heterocycles. The summed E-state index contributed by atoms with van der Waals surface area (Å²) < 4.78 is 6.52. The molecule has 11 heteroatoms. The van der Waals surface area contributed by atoms with Crippen molar-refractivity contribution in [3.05, 3.63) is 88.6 Å². The normalized spacial score (nSPS) is 11.8. The van der Waals surface area contributed by atoms with Crippen LogP contribution in [-0.4, -0.2) is 29.7 Å². The van der Waals surface area contributed by atoms with Crippen LogP contribution >= 0.6 is 0 Å². The van der Waals surface area contributed by atoms with Crippen LogP contribution in [0, 0.1) is 13.5 Å². The number of hydrogen-bond donors (Lipinski definition) is 2. The average molecular weight is 465 g/mol. The van der Waals surface area contributed by atoms with Crippen LogP contribution in [0.5, 0.6) is 0 Å². The van der Waals surface area contributed by atoms with Crippen LogP contribution in [0.2, 0.25) is 0 Å². The molecule has 4 aromatic heterocycles. The molecular formula is C24H19N9O2. The van der Waals surface area contributed by atoms with E-state index >= 15 is 0 Å². The van der Waals surface area contributed by atoms with Gasteiger partial charge in [0, 0.05) is 24.0 Å². The van der Waals surface area contributed by atoms with Gasteiger partial charge >= 0.3 is 0 Å². The molecule has 1 aromatic carbocycles. The van der Waals surface area contributed by atoms with Crippen molar-refractivity contribution in [3.63, 3.8) is 0 Å². The van der Waals surface area contributed by atoms with Gasteiger partial charge < -0.3 is 15.6 Å². The van der Waals surface area contributed by atoms with Gasteiger partial charge in [0.05, 0.1) is 23.7 Å². The van der Waals surface area contributed by atoms with Crippen LogP contribution < -0.4 is 16.6 Å². The smallest absolute Gasteiger partial charge is 0.268 e. The van der Waals surface area contributed by atoms with E-state index in [0.717, 1.165) is 10.9 Å². The summed E-state index contributed by atoms with van der Waals surface area (Å²) in [5.41, 5.74) is 7.67. The number of nitrogens with one attached hydrogen (secondary N) is 1. The Hall–Kier alpha value is -5.11. The quantitative estimate of drug-likeness (QED) is 0.370. The van der Waals surface area contributed by atoms with Crippen molar-refractivity contribution in [3.8, 4) is 16.9 Å². The Kier molecular flexibility index (Phi) is 5.39. The highest BCUT2D eigenvalue weighted by molar-refractivity contribution is 5.96. The van der Waals surface area contributed by atoms with Crippen molar-refractivity contribution in [2.45, 2.75) is 19.9 Å². The first-order valence-corrected chi connectivity index (χ1v) is 10.6. The van der Waals surface area contributed by atoms with E-state index in [2.05, 4.69) is 35.3 Å². The topological polar surface area (TPSA) is 142 Å². The van der Waals surface area contributed by atoms with E-state index in [-0.39, 0.29) is 22.9 Å². The number of aromatic nitrogens is 6. The van der Waals surface area contributed by atoms with E-state index in [4.69, 9.17) is 16.8 Å². The predicted molar refractivity (Wildman–Crippen MR) is 130 cm³/mol. The van der Waals surface area contributed by atoms with Crippen LogP contribution in [0.1, 0.15) is 24.5 Å². The van der Waals surface area contributed by atoms with Crippen LogP contribution in [0.15, 0.2) is 64.6 Å². The molecule has 0 aliphatic rings. The number of benzene rings is 1. The van der Waals surface area contributed by atoms with Gasteiger partial charge in [-0.2, -0.15) is 0 Å². The SMILES string of the molecule is [C-]#[N+]c1c(N)ncnc1N[C@@H](C)c1cc2cccc(-c3cnc(C)nc3)c2c(=O)n1-c1ccon1. The number of nitrogens with zero attached hydrogens (tertiary/aromatic N) is 7. The fourth-order valence-corrected chi connectivity index (χ4v) is 3.92. The van der Waals surface area contributed by atoms with Crippen LogP contribution in [0.4, 0.5) is 17.3 Å². The number of nitrogen functional groups attached to an aromatic ring is 1. The molecule has 11 nitrogen and oxygen atoms in total. The van der Waals surface area contributed by atoms with Crippen LogP contribution in [-0.2, 0) is 0 Å². The molecule has 35 heavy (non-hydrogen) atoms. The van der Waals surface area contributed by atoms with Crippen molar-refractivity contribution in [2.75, 3.05) is 11.1 Å². The lowest BCUT2D eigenvalue weighted by Gasteiger charge is -2.21. The molecule has 1 atom stereocenters. The first-order chi connectivity index (χ1) is 17.0. The molecule has 0 bridgehead atoms. The molecule has 0 saturated heterocycles. The first-order valence-electron chi connectivity index (χ1n) is 10.6. The van der Waals surface area contributed by atoms with Gasteiger partial charge in [0.25, 0.3) is 11.2 Å². The number of nitrogens with two attached hydrogens (primary N) is 1. The molecule has 0 aliphatic carbocycles. The monoisotopic (exact) mass is 465 g/mol. The highest BCUT2D eigenvalue weighted by atomic mass is 16.5. The Morgan fingerprint density at radius 1 is 1.17 bits per heavy atom.